The topological polar surface area (TPSA) is 87.7 Å². The van der Waals surface area contributed by atoms with Crippen LogP contribution in [0.25, 0.3) is 0 Å². The van der Waals surface area contributed by atoms with Crippen molar-refractivity contribution in [3.05, 3.63) is 65.7 Å². The van der Waals surface area contributed by atoms with Crippen LogP contribution in [0.4, 0.5) is 10.5 Å². The van der Waals surface area contributed by atoms with E-state index in [1.165, 1.54) is 18.4 Å². The van der Waals surface area contributed by atoms with Crippen LogP contribution in [0.2, 0.25) is 0 Å². The smallest absolute Gasteiger partial charge is 0.417 e. The van der Waals surface area contributed by atoms with Gasteiger partial charge >= 0.3 is 6.09 Å². The number of nitrogens with one attached hydrogen (secondary N) is 2. The molecule has 7 heteroatoms. The van der Waals surface area contributed by atoms with E-state index in [2.05, 4.69) is 22.8 Å². The Morgan fingerprint density at radius 2 is 1.63 bits per heavy atom. The molecule has 2 aromatic rings. The molecule has 0 spiro atoms. The number of imide groups is 1. The van der Waals surface area contributed by atoms with E-state index in [0.29, 0.717) is 18.0 Å². The Kier molecular flexibility index (Phi) is 11.3. The number of rotatable bonds is 11. The second-order valence-corrected chi connectivity index (χ2v) is 11.1. The van der Waals surface area contributed by atoms with E-state index in [4.69, 9.17) is 4.74 Å². The number of carbonyl (C=O) groups is 3. The molecule has 3 rings (SSSR count). The fraction of sp³-hybridized carbons (Fsp3) is 0.516. The van der Waals surface area contributed by atoms with Gasteiger partial charge in [-0.3, -0.25) is 9.59 Å². The Balaban J connectivity index is 1.59. The number of piperidine rings is 1. The number of hydrogen-bond donors (Lipinski definition) is 2. The largest absolute Gasteiger partial charge is 0.443 e. The average Bonchev–Trinajstić information content (AvgIpc) is 2.89. The lowest BCUT2D eigenvalue weighted by atomic mass is 9.92. The zero-order valence-corrected chi connectivity index (χ0v) is 23.1. The van der Waals surface area contributed by atoms with Crippen LogP contribution in [0.5, 0.6) is 0 Å². The van der Waals surface area contributed by atoms with Crippen molar-refractivity contribution in [3.63, 3.8) is 0 Å². The van der Waals surface area contributed by atoms with Gasteiger partial charge in [0.2, 0.25) is 11.8 Å². The third-order valence-electron chi connectivity index (χ3n) is 6.75. The second kappa shape index (κ2) is 14.7. The van der Waals surface area contributed by atoms with Gasteiger partial charge in [0.05, 0.1) is 0 Å². The molecule has 0 radical (unpaired) electrons. The minimum atomic E-state index is -0.784. The molecular weight excluding hydrogens is 478 g/mol. The van der Waals surface area contributed by atoms with Gasteiger partial charge in [0.25, 0.3) is 0 Å². The molecule has 1 fully saturated rings. The average molecular weight is 522 g/mol. The third kappa shape index (κ3) is 10.3. The van der Waals surface area contributed by atoms with E-state index in [-0.39, 0.29) is 18.9 Å². The lowest BCUT2D eigenvalue weighted by molar-refractivity contribution is -0.134. The van der Waals surface area contributed by atoms with Crippen LogP contribution in [-0.2, 0) is 27.2 Å². The van der Waals surface area contributed by atoms with E-state index in [1.54, 1.807) is 20.8 Å². The van der Waals surface area contributed by atoms with Crippen molar-refractivity contribution in [1.82, 2.24) is 10.2 Å². The maximum Gasteiger partial charge on any atom is 0.417 e. The zero-order valence-electron chi connectivity index (χ0n) is 23.1. The fourth-order valence-electron chi connectivity index (χ4n) is 4.70. The number of nitrogens with zero attached hydrogens (tertiary/aromatic N) is 1. The van der Waals surface area contributed by atoms with Gasteiger partial charge in [0.15, 0.2) is 0 Å². The number of ether oxygens (including phenoxy) is 1. The van der Waals surface area contributed by atoms with Gasteiger partial charge in [0, 0.05) is 12.1 Å². The second-order valence-electron chi connectivity index (χ2n) is 11.1. The number of para-hydroxylation sites is 1. The highest BCUT2D eigenvalue weighted by Gasteiger charge is 2.29. The Hall–Kier alpha value is -3.19. The van der Waals surface area contributed by atoms with Crippen molar-refractivity contribution in [3.8, 4) is 0 Å². The van der Waals surface area contributed by atoms with Gasteiger partial charge in [-0.15, -0.1) is 0 Å². The van der Waals surface area contributed by atoms with Crippen molar-refractivity contribution >= 4 is 23.6 Å². The van der Waals surface area contributed by atoms with Crippen molar-refractivity contribution < 1.29 is 19.1 Å². The Bertz CT molecular complexity index is 1040. The quantitative estimate of drug-likeness (QED) is 0.369. The lowest BCUT2D eigenvalue weighted by Gasteiger charge is -2.26. The van der Waals surface area contributed by atoms with Gasteiger partial charge in [-0.1, -0.05) is 61.4 Å². The summed E-state index contributed by atoms with van der Waals surface area (Å²) in [5.74, 6) is -0.107. The van der Waals surface area contributed by atoms with Crippen LogP contribution in [-0.4, -0.2) is 48.0 Å². The highest BCUT2D eigenvalue weighted by Crippen LogP contribution is 2.21. The number of hydrogen-bond acceptors (Lipinski definition) is 5. The molecule has 2 aromatic carbocycles. The summed E-state index contributed by atoms with van der Waals surface area (Å²) in [4.78, 5) is 40.0. The predicted octanol–water partition coefficient (Wildman–Crippen LogP) is 5.73. The normalized spacial score (nSPS) is 14.1. The number of aryl methyl sites for hydroxylation is 2. The van der Waals surface area contributed by atoms with E-state index in [1.807, 2.05) is 42.5 Å². The molecule has 1 aliphatic heterocycles. The van der Waals surface area contributed by atoms with Gasteiger partial charge in [-0.25, -0.2) is 9.69 Å². The van der Waals surface area contributed by atoms with Crippen LogP contribution in [0.3, 0.4) is 0 Å². The number of amides is 3. The van der Waals surface area contributed by atoms with Gasteiger partial charge in [0.1, 0.15) is 12.1 Å². The van der Waals surface area contributed by atoms with Gasteiger partial charge in [-0.05, 0) is 89.1 Å². The van der Waals surface area contributed by atoms with Crippen LogP contribution in [0.1, 0.15) is 70.4 Å². The molecule has 2 N–H and O–H groups in total. The third-order valence-corrected chi connectivity index (χ3v) is 6.75. The molecular formula is C31H43N3O4. The van der Waals surface area contributed by atoms with Crippen molar-refractivity contribution in [2.45, 2.75) is 77.7 Å². The molecule has 0 unspecified atom stereocenters. The zero-order chi connectivity index (χ0) is 27.4. The highest BCUT2D eigenvalue weighted by molar-refractivity contribution is 6.00. The molecule has 0 bridgehead atoms. The minimum absolute atomic E-state index is 0.213. The van der Waals surface area contributed by atoms with Crippen LogP contribution in [0, 0.1) is 5.92 Å². The summed E-state index contributed by atoms with van der Waals surface area (Å²) < 4.78 is 5.46. The Labute approximate surface area is 227 Å². The molecule has 1 heterocycles. The Morgan fingerprint density at radius 3 is 2.34 bits per heavy atom. The molecule has 3 amide bonds. The van der Waals surface area contributed by atoms with E-state index in [9.17, 15) is 14.4 Å². The number of benzene rings is 2. The number of anilines is 1. The van der Waals surface area contributed by atoms with E-state index < -0.39 is 17.6 Å². The van der Waals surface area contributed by atoms with Crippen LogP contribution in [0.15, 0.2) is 54.6 Å². The maximum absolute atomic E-state index is 13.1. The fourth-order valence-corrected chi connectivity index (χ4v) is 4.70. The first-order chi connectivity index (χ1) is 18.2. The molecule has 0 aliphatic carbocycles. The first kappa shape index (κ1) is 29.4. The van der Waals surface area contributed by atoms with E-state index in [0.717, 1.165) is 49.2 Å². The van der Waals surface area contributed by atoms with Crippen molar-refractivity contribution in [2.75, 3.05) is 25.0 Å². The highest BCUT2D eigenvalue weighted by atomic mass is 16.6. The molecule has 7 nitrogen and oxygen atoms in total. The molecule has 0 atom stereocenters. The summed E-state index contributed by atoms with van der Waals surface area (Å²) in [6.45, 7) is 6.97. The SMILES string of the molecule is CC(C)(C)OC(=O)N(CC(=O)Nc1ccccc1CCc1ccccc1)C(=O)CCCCC1CCNCC1. The standard InChI is InChI=1S/C31H43N3O4/c1-31(2,3)38-30(37)34(29(36)16-10-7-13-25-19-21-32-22-20-25)23-28(35)33-27-15-9-8-14-26(27)18-17-24-11-5-4-6-12-24/h4-6,8-9,11-12,14-15,25,32H,7,10,13,16-23H2,1-3H3,(H,33,35). The Morgan fingerprint density at radius 1 is 0.947 bits per heavy atom. The van der Waals surface area contributed by atoms with Crippen molar-refractivity contribution in [1.29, 1.82) is 0 Å². The lowest BCUT2D eigenvalue weighted by Crippen LogP contribution is -2.44. The molecule has 206 valence electrons. The molecule has 1 saturated heterocycles. The summed E-state index contributed by atoms with van der Waals surface area (Å²) in [7, 11) is 0. The monoisotopic (exact) mass is 521 g/mol. The summed E-state index contributed by atoms with van der Waals surface area (Å²) >= 11 is 0. The number of carbonyl (C=O) groups excluding carboxylic acids is 3. The maximum atomic E-state index is 13.1. The van der Waals surface area contributed by atoms with Crippen LogP contribution < -0.4 is 10.6 Å². The summed E-state index contributed by atoms with van der Waals surface area (Å²) in [6.07, 6.45) is 6.07. The predicted molar refractivity (Wildman–Crippen MR) is 151 cm³/mol. The van der Waals surface area contributed by atoms with E-state index >= 15 is 0 Å². The first-order valence-electron chi connectivity index (χ1n) is 13.9. The summed E-state index contributed by atoms with van der Waals surface area (Å²) in [6, 6.07) is 17.8. The molecule has 1 aliphatic rings. The van der Waals surface area contributed by atoms with Crippen molar-refractivity contribution in [2.24, 2.45) is 5.92 Å². The van der Waals surface area contributed by atoms with Gasteiger partial charge < -0.3 is 15.4 Å². The minimum Gasteiger partial charge on any atom is -0.443 e. The molecule has 38 heavy (non-hydrogen) atoms. The van der Waals surface area contributed by atoms with Gasteiger partial charge in [-0.2, -0.15) is 0 Å². The summed E-state index contributed by atoms with van der Waals surface area (Å²) in [5.41, 5.74) is 2.13. The molecule has 0 aromatic heterocycles. The van der Waals surface area contributed by atoms with Crippen LogP contribution >= 0.6 is 0 Å². The number of unbranched alkanes of at least 4 members (excludes halogenated alkanes) is 1. The molecule has 0 saturated carbocycles. The summed E-state index contributed by atoms with van der Waals surface area (Å²) in [5, 5.41) is 6.29. The first-order valence-corrected chi connectivity index (χ1v) is 13.9.